The molecule has 1 N–H and O–H groups in total. The molecule has 1 aromatic heterocycles. The Morgan fingerprint density at radius 1 is 1.41 bits per heavy atom. The molecule has 0 aromatic carbocycles. The molecular formula is C12H19ClN2O2. The number of nitrogens with one attached hydrogen (secondary N) is 1. The molecule has 1 rings (SSSR count). The van der Waals surface area contributed by atoms with Gasteiger partial charge in [0.2, 0.25) is 0 Å². The van der Waals surface area contributed by atoms with Crippen LogP contribution < -0.4 is 10.1 Å². The summed E-state index contributed by atoms with van der Waals surface area (Å²) in [6.45, 7) is 5.42. The molecule has 0 radical (unpaired) electrons. The molecule has 0 saturated carbocycles. The van der Waals surface area contributed by atoms with Gasteiger partial charge in [0.25, 0.3) is 0 Å². The Morgan fingerprint density at radius 2 is 2.18 bits per heavy atom. The van der Waals surface area contributed by atoms with E-state index >= 15 is 0 Å². The third kappa shape index (κ3) is 5.86. The maximum Gasteiger partial charge on any atom is 0.139 e. The maximum atomic E-state index is 5.84. The highest BCUT2D eigenvalue weighted by Gasteiger charge is 2.11. The average molecular weight is 259 g/mol. The van der Waals surface area contributed by atoms with E-state index in [1.807, 2.05) is 0 Å². The number of ether oxygens (including phenoxy) is 2. The minimum absolute atomic E-state index is 0.0531. The van der Waals surface area contributed by atoms with Gasteiger partial charge in [0.15, 0.2) is 0 Å². The monoisotopic (exact) mass is 258 g/mol. The van der Waals surface area contributed by atoms with Crippen LogP contribution in [0.15, 0.2) is 18.5 Å². The molecule has 0 saturated heterocycles. The Hall–Kier alpha value is -0.840. The van der Waals surface area contributed by atoms with Crippen molar-refractivity contribution in [2.24, 2.45) is 0 Å². The van der Waals surface area contributed by atoms with Crippen molar-refractivity contribution in [3.05, 3.63) is 23.5 Å². The molecule has 1 unspecified atom stereocenters. The fourth-order valence-electron chi connectivity index (χ4n) is 1.34. The van der Waals surface area contributed by atoms with E-state index in [2.05, 4.69) is 24.1 Å². The first-order valence-corrected chi connectivity index (χ1v) is 5.99. The Labute approximate surface area is 107 Å². The molecule has 17 heavy (non-hydrogen) atoms. The molecule has 0 fully saturated rings. The van der Waals surface area contributed by atoms with Crippen molar-refractivity contribution in [1.29, 1.82) is 0 Å². The van der Waals surface area contributed by atoms with E-state index in [0.29, 0.717) is 23.4 Å². The van der Waals surface area contributed by atoms with Crippen LogP contribution in [0.4, 0.5) is 0 Å². The molecule has 0 bridgehead atoms. The Bertz CT molecular complexity index is 334. The first kappa shape index (κ1) is 14.2. The van der Waals surface area contributed by atoms with Gasteiger partial charge < -0.3 is 14.8 Å². The number of methoxy groups -OCH3 is 1. The fourth-order valence-corrected chi connectivity index (χ4v) is 1.50. The highest BCUT2D eigenvalue weighted by Crippen LogP contribution is 2.16. The largest absolute Gasteiger partial charge is 0.485 e. The third-order valence-electron chi connectivity index (χ3n) is 2.09. The molecule has 0 aliphatic heterocycles. The summed E-state index contributed by atoms with van der Waals surface area (Å²) in [5.41, 5.74) is 0. The first-order valence-electron chi connectivity index (χ1n) is 5.61. The SMILES string of the molecule is COCC(CNC(C)C)Oc1cncc(Cl)c1. The lowest BCUT2D eigenvalue weighted by Gasteiger charge is -2.20. The molecule has 0 aliphatic rings. The van der Waals surface area contributed by atoms with Crippen LogP contribution in [0.3, 0.4) is 0 Å². The molecule has 0 spiro atoms. The van der Waals surface area contributed by atoms with E-state index < -0.39 is 0 Å². The number of nitrogens with zero attached hydrogens (tertiary/aromatic N) is 1. The molecular weight excluding hydrogens is 240 g/mol. The lowest BCUT2D eigenvalue weighted by molar-refractivity contribution is 0.0792. The smallest absolute Gasteiger partial charge is 0.139 e. The minimum atomic E-state index is -0.0531. The molecule has 4 nitrogen and oxygen atoms in total. The van der Waals surface area contributed by atoms with Crippen molar-refractivity contribution in [2.75, 3.05) is 20.3 Å². The van der Waals surface area contributed by atoms with Gasteiger partial charge in [-0.1, -0.05) is 25.4 Å². The predicted molar refractivity (Wildman–Crippen MR) is 68.7 cm³/mol. The molecule has 96 valence electrons. The predicted octanol–water partition coefficient (Wildman–Crippen LogP) is 2.13. The number of halogens is 1. The number of hydrogen-bond acceptors (Lipinski definition) is 4. The van der Waals surface area contributed by atoms with Gasteiger partial charge in [-0.3, -0.25) is 4.98 Å². The van der Waals surface area contributed by atoms with Crippen molar-refractivity contribution < 1.29 is 9.47 Å². The summed E-state index contributed by atoms with van der Waals surface area (Å²) >= 11 is 5.84. The summed E-state index contributed by atoms with van der Waals surface area (Å²) in [4.78, 5) is 3.97. The lowest BCUT2D eigenvalue weighted by atomic mass is 10.3. The van der Waals surface area contributed by atoms with Gasteiger partial charge in [-0.15, -0.1) is 0 Å². The summed E-state index contributed by atoms with van der Waals surface area (Å²) in [5.74, 6) is 0.658. The van der Waals surface area contributed by atoms with Gasteiger partial charge in [-0.2, -0.15) is 0 Å². The molecule has 0 amide bonds. The molecule has 1 heterocycles. The van der Waals surface area contributed by atoms with Gasteiger partial charge in [0.05, 0.1) is 17.8 Å². The van der Waals surface area contributed by atoms with Gasteiger partial charge in [-0.25, -0.2) is 0 Å². The third-order valence-corrected chi connectivity index (χ3v) is 2.30. The van der Waals surface area contributed by atoms with Crippen LogP contribution in [-0.2, 0) is 4.74 Å². The highest BCUT2D eigenvalue weighted by atomic mass is 35.5. The highest BCUT2D eigenvalue weighted by molar-refractivity contribution is 6.30. The number of pyridine rings is 1. The van der Waals surface area contributed by atoms with Crippen molar-refractivity contribution in [3.63, 3.8) is 0 Å². The molecule has 0 aliphatic carbocycles. The van der Waals surface area contributed by atoms with Crippen molar-refractivity contribution in [1.82, 2.24) is 10.3 Å². The second-order valence-corrected chi connectivity index (χ2v) is 4.53. The van der Waals surface area contributed by atoms with Crippen LogP contribution >= 0.6 is 11.6 Å². The van der Waals surface area contributed by atoms with E-state index in [4.69, 9.17) is 21.1 Å². The van der Waals surface area contributed by atoms with Gasteiger partial charge in [0, 0.05) is 32.0 Å². The second-order valence-electron chi connectivity index (χ2n) is 4.10. The normalized spacial score (nSPS) is 12.8. The van der Waals surface area contributed by atoms with Crippen LogP contribution in [0.25, 0.3) is 0 Å². The Balaban J connectivity index is 2.53. The van der Waals surface area contributed by atoms with E-state index in [-0.39, 0.29) is 6.10 Å². The maximum absolute atomic E-state index is 5.84. The molecule has 1 aromatic rings. The first-order chi connectivity index (χ1) is 8.11. The summed E-state index contributed by atoms with van der Waals surface area (Å²) in [6.07, 6.45) is 3.17. The van der Waals surface area contributed by atoms with Gasteiger partial charge >= 0.3 is 0 Å². The molecule has 1 atom stereocenters. The Morgan fingerprint density at radius 3 is 2.76 bits per heavy atom. The average Bonchev–Trinajstić information content (AvgIpc) is 2.26. The van der Waals surface area contributed by atoms with Crippen LogP contribution in [0.5, 0.6) is 5.75 Å². The zero-order chi connectivity index (χ0) is 12.7. The molecule has 5 heteroatoms. The van der Waals surface area contributed by atoms with Crippen LogP contribution in [-0.4, -0.2) is 37.4 Å². The lowest BCUT2D eigenvalue weighted by Crippen LogP contribution is -2.38. The van der Waals surface area contributed by atoms with Crippen LogP contribution in [0.2, 0.25) is 5.02 Å². The van der Waals surface area contributed by atoms with E-state index in [1.165, 1.54) is 0 Å². The fraction of sp³-hybridized carbons (Fsp3) is 0.583. The van der Waals surface area contributed by atoms with Crippen molar-refractivity contribution in [3.8, 4) is 5.75 Å². The van der Waals surface area contributed by atoms with Crippen LogP contribution in [0, 0.1) is 0 Å². The van der Waals surface area contributed by atoms with E-state index in [9.17, 15) is 0 Å². The summed E-state index contributed by atoms with van der Waals surface area (Å²) < 4.78 is 10.9. The van der Waals surface area contributed by atoms with Crippen molar-refractivity contribution >= 4 is 11.6 Å². The summed E-state index contributed by atoms with van der Waals surface area (Å²) in [7, 11) is 1.65. The number of aromatic nitrogens is 1. The minimum Gasteiger partial charge on any atom is -0.485 e. The second kappa shape index (κ2) is 7.48. The quantitative estimate of drug-likeness (QED) is 0.814. The topological polar surface area (TPSA) is 43.4 Å². The summed E-state index contributed by atoms with van der Waals surface area (Å²) in [5, 5.41) is 3.87. The van der Waals surface area contributed by atoms with E-state index in [1.54, 1.807) is 25.6 Å². The zero-order valence-corrected chi connectivity index (χ0v) is 11.2. The van der Waals surface area contributed by atoms with Gasteiger partial charge in [-0.05, 0) is 0 Å². The summed E-state index contributed by atoms with van der Waals surface area (Å²) in [6, 6.07) is 2.16. The number of hydrogen-bond donors (Lipinski definition) is 1. The van der Waals surface area contributed by atoms with E-state index in [0.717, 1.165) is 6.54 Å². The van der Waals surface area contributed by atoms with Gasteiger partial charge in [0.1, 0.15) is 11.9 Å². The van der Waals surface area contributed by atoms with Crippen molar-refractivity contribution in [2.45, 2.75) is 26.0 Å². The standard InChI is InChI=1S/C12H19ClN2O2/c1-9(2)15-7-12(8-16-3)17-11-4-10(13)5-14-6-11/h4-6,9,12,15H,7-8H2,1-3H3. The Kier molecular flexibility index (Phi) is 6.26. The van der Waals surface area contributed by atoms with Crippen LogP contribution in [0.1, 0.15) is 13.8 Å². The zero-order valence-electron chi connectivity index (χ0n) is 10.4. The number of rotatable bonds is 7.